The first-order valence-electron chi connectivity index (χ1n) is 6.77. The molecule has 1 amide bonds. The predicted molar refractivity (Wildman–Crippen MR) is 77.9 cm³/mol. The summed E-state index contributed by atoms with van der Waals surface area (Å²) in [5.41, 5.74) is 2.58. The molecule has 0 saturated heterocycles. The van der Waals surface area contributed by atoms with Gasteiger partial charge in [-0.1, -0.05) is 24.3 Å². The van der Waals surface area contributed by atoms with E-state index in [0.717, 1.165) is 19.3 Å². The summed E-state index contributed by atoms with van der Waals surface area (Å²) in [4.78, 5) is 14.2. The van der Waals surface area contributed by atoms with Gasteiger partial charge >= 0.3 is 0 Å². The van der Waals surface area contributed by atoms with Crippen LogP contribution < -0.4 is 0 Å². The second kappa shape index (κ2) is 5.33. The maximum Gasteiger partial charge on any atom is 0.289 e. The Morgan fingerprint density at radius 2 is 2.10 bits per heavy atom. The fraction of sp³-hybridized carbons (Fsp3) is 0.312. The molecule has 0 aliphatic heterocycles. The van der Waals surface area contributed by atoms with Crippen LogP contribution in [0.4, 0.5) is 0 Å². The van der Waals surface area contributed by atoms with Gasteiger partial charge in [-0.05, 0) is 54.1 Å². The molecule has 0 spiro atoms. The van der Waals surface area contributed by atoms with E-state index in [0.29, 0.717) is 5.76 Å². The summed E-state index contributed by atoms with van der Waals surface area (Å²) >= 11 is 5.74. The van der Waals surface area contributed by atoms with Crippen LogP contribution in [0, 0.1) is 0 Å². The zero-order chi connectivity index (χ0) is 14.1. The van der Waals surface area contributed by atoms with Gasteiger partial charge in [-0.2, -0.15) is 0 Å². The summed E-state index contributed by atoms with van der Waals surface area (Å²) in [6, 6.07) is 11.7. The van der Waals surface area contributed by atoms with Gasteiger partial charge in [0, 0.05) is 7.05 Å². The lowest BCUT2D eigenvalue weighted by Crippen LogP contribution is -2.33. The van der Waals surface area contributed by atoms with Crippen LogP contribution in [-0.2, 0) is 6.42 Å². The molecule has 20 heavy (non-hydrogen) atoms. The molecule has 0 radical (unpaired) electrons. The normalized spacial score (nSPS) is 17.6. The van der Waals surface area contributed by atoms with Crippen LogP contribution in [0.1, 0.15) is 40.6 Å². The fourth-order valence-corrected chi connectivity index (χ4v) is 3.02. The van der Waals surface area contributed by atoms with Gasteiger partial charge in [-0.3, -0.25) is 4.79 Å². The number of carbonyl (C=O) groups excluding carboxylic acids is 1. The van der Waals surface area contributed by atoms with E-state index in [1.807, 2.05) is 13.1 Å². The lowest BCUT2D eigenvalue weighted by molar-refractivity contribution is 0.0683. The molecule has 0 N–H and O–H groups in total. The number of hydrogen-bond donors (Lipinski definition) is 0. The van der Waals surface area contributed by atoms with Crippen molar-refractivity contribution in [2.45, 2.75) is 25.3 Å². The maximum absolute atomic E-state index is 12.4. The minimum absolute atomic E-state index is 0.108. The van der Waals surface area contributed by atoms with Crippen LogP contribution in [0.5, 0.6) is 0 Å². The second-order valence-electron chi connectivity index (χ2n) is 5.13. The summed E-state index contributed by atoms with van der Waals surface area (Å²) in [5, 5.41) is 0.241. The van der Waals surface area contributed by atoms with Crippen LogP contribution in [0.3, 0.4) is 0 Å². The molecule has 104 valence electrons. The van der Waals surface area contributed by atoms with Gasteiger partial charge in [0.05, 0.1) is 6.04 Å². The molecule has 1 heterocycles. The highest BCUT2D eigenvalue weighted by Gasteiger charge is 2.28. The summed E-state index contributed by atoms with van der Waals surface area (Å²) in [5.74, 6) is 0.166. The SMILES string of the molecule is CN(C(=O)c1ccc(Cl)o1)C1CCCc2ccccc21. The van der Waals surface area contributed by atoms with E-state index in [2.05, 4.69) is 18.2 Å². The largest absolute Gasteiger partial charge is 0.440 e. The first-order chi connectivity index (χ1) is 9.66. The minimum Gasteiger partial charge on any atom is -0.440 e. The van der Waals surface area contributed by atoms with Crippen LogP contribution in [0.25, 0.3) is 0 Å². The lowest BCUT2D eigenvalue weighted by atomic mass is 9.87. The summed E-state index contributed by atoms with van der Waals surface area (Å²) < 4.78 is 5.22. The third-order valence-electron chi connectivity index (χ3n) is 3.91. The van der Waals surface area contributed by atoms with Crippen molar-refractivity contribution in [3.05, 3.63) is 58.5 Å². The van der Waals surface area contributed by atoms with Crippen LogP contribution >= 0.6 is 11.6 Å². The van der Waals surface area contributed by atoms with Gasteiger partial charge < -0.3 is 9.32 Å². The molecular formula is C16H16ClNO2. The average molecular weight is 290 g/mol. The molecule has 1 aromatic carbocycles. The summed E-state index contributed by atoms with van der Waals surface area (Å²) in [6.45, 7) is 0. The van der Waals surface area contributed by atoms with Crippen molar-refractivity contribution < 1.29 is 9.21 Å². The molecule has 4 heteroatoms. The standard InChI is InChI=1S/C16H16ClNO2/c1-18(16(19)14-9-10-15(17)20-14)13-8-4-6-11-5-2-3-7-12(11)13/h2-3,5,7,9-10,13H,4,6,8H2,1H3. The smallest absolute Gasteiger partial charge is 0.289 e. The Bertz CT molecular complexity index is 635. The number of fused-ring (bicyclic) bond motifs is 1. The fourth-order valence-electron chi connectivity index (χ4n) is 2.88. The second-order valence-corrected chi connectivity index (χ2v) is 5.50. The van der Waals surface area contributed by atoms with Gasteiger partial charge in [-0.15, -0.1) is 0 Å². The molecule has 1 atom stereocenters. The monoisotopic (exact) mass is 289 g/mol. The lowest BCUT2D eigenvalue weighted by Gasteiger charge is -2.32. The molecule has 0 saturated carbocycles. The Morgan fingerprint density at radius 1 is 1.30 bits per heavy atom. The van der Waals surface area contributed by atoms with Crippen molar-refractivity contribution in [2.75, 3.05) is 7.05 Å². The Morgan fingerprint density at radius 3 is 2.85 bits per heavy atom. The van der Waals surface area contributed by atoms with Crippen molar-refractivity contribution in [1.29, 1.82) is 0 Å². The molecule has 0 fully saturated rings. The number of rotatable bonds is 2. The highest BCUT2D eigenvalue weighted by Crippen LogP contribution is 2.34. The van der Waals surface area contributed by atoms with E-state index in [1.165, 1.54) is 11.1 Å². The molecule has 2 aromatic rings. The zero-order valence-electron chi connectivity index (χ0n) is 11.3. The zero-order valence-corrected chi connectivity index (χ0v) is 12.1. The highest BCUT2D eigenvalue weighted by molar-refractivity contribution is 6.29. The maximum atomic E-state index is 12.4. The van der Waals surface area contributed by atoms with Crippen LogP contribution in [-0.4, -0.2) is 17.9 Å². The van der Waals surface area contributed by atoms with E-state index >= 15 is 0 Å². The highest BCUT2D eigenvalue weighted by atomic mass is 35.5. The van der Waals surface area contributed by atoms with Gasteiger partial charge in [-0.25, -0.2) is 0 Å². The number of furan rings is 1. The Kier molecular flexibility index (Phi) is 3.53. The summed E-state index contributed by atoms with van der Waals surface area (Å²) in [6.07, 6.45) is 3.16. The number of hydrogen-bond acceptors (Lipinski definition) is 2. The van der Waals surface area contributed by atoms with Crippen LogP contribution in [0.2, 0.25) is 5.22 Å². The first-order valence-corrected chi connectivity index (χ1v) is 7.15. The molecule has 3 nitrogen and oxygen atoms in total. The minimum atomic E-state index is -0.126. The number of halogens is 1. The molecule has 0 bridgehead atoms. The van der Waals surface area contributed by atoms with Gasteiger partial charge in [0.25, 0.3) is 5.91 Å². The summed E-state index contributed by atoms with van der Waals surface area (Å²) in [7, 11) is 1.82. The Labute approximate surface area is 123 Å². The molecular weight excluding hydrogens is 274 g/mol. The van der Waals surface area contributed by atoms with E-state index in [-0.39, 0.29) is 17.2 Å². The molecule has 3 rings (SSSR count). The molecule has 1 aromatic heterocycles. The first kappa shape index (κ1) is 13.3. The third-order valence-corrected chi connectivity index (χ3v) is 4.11. The molecule has 1 aliphatic carbocycles. The van der Waals surface area contributed by atoms with Crippen molar-refractivity contribution in [3.8, 4) is 0 Å². The van der Waals surface area contributed by atoms with E-state index in [4.69, 9.17) is 16.0 Å². The number of nitrogens with zero attached hydrogens (tertiary/aromatic N) is 1. The van der Waals surface area contributed by atoms with E-state index in [9.17, 15) is 4.79 Å². The number of aryl methyl sites for hydroxylation is 1. The topological polar surface area (TPSA) is 33.5 Å². The van der Waals surface area contributed by atoms with Crippen molar-refractivity contribution in [1.82, 2.24) is 4.90 Å². The van der Waals surface area contributed by atoms with Crippen molar-refractivity contribution >= 4 is 17.5 Å². The molecule has 1 aliphatic rings. The van der Waals surface area contributed by atoms with Gasteiger partial charge in [0.15, 0.2) is 11.0 Å². The third kappa shape index (κ3) is 2.34. The van der Waals surface area contributed by atoms with E-state index in [1.54, 1.807) is 17.0 Å². The predicted octanol–water partition coefficient (Wildman–Crippen LogP) is 4.08. The number of amides is 1. The van der Waals surface area contributed by atoms with Gasteiger partial charge in [0.2, 0.25) is 0 Å². The van der Waals surface area contributed by atoms with E-state index < -0.39 is 0 Å². The Hall–Kier alpha value is -1.74. The van der Waals surface area contributed by atoms with Crippen molar-refractivity contribution in [2.24, 2.45) is 0 Å². The van der Waals surface area contributed by atoms with Crippen molar-refractivity contribution in [3.63, 3.8) is 0 Å². The average Bonchev–Trinajstić information content (AvgIpc) is 2.91. The number of carbonyl (C=O) groups is 1. The number of benzene rings is 1. The Balaban J connectivity index is 1.88. The quantitative estimate of drug-likeness (QED) is 0.834. The van der Waals surface area contributed by atoms with Crippen LogP contribution in [0.15, 0.2) is 40.8 Å². The molecule has 1 unspecified atom stereocenters. The van der Waals surface area contributed by atoms with Gasteiger partial charge in [0.1, 0.15) is 0 Å².